The molecule has 3 atom stereocenters. The van der Waals surface area contributed by atoms with E-state index in [1.807, 2.05) is 49.4 Å². The van der Waals surface area contributed by atoms with Gasteiger partial charge in [-0.25, -0.2) is 0 Å². The van der Waals surface area contributed by atoms with Gasteiger partial charge in [0.25, 0.3) is 0 Å². The van der Waals surface area contributed by atoms with Crippen LogP contribution in [0.2, 0.25) is 0 Å². The van der Waals surface area contributed by atoms with Crippen LogP contribution in [0.3, 0.4) is 0 Å². The zero-order valence-corrected chi connectivity index (χ0v) is 22.8. The van der Waals surface area contributed by atoms with Crippen LogP contribution < -0.4 is 34.7 Å². The standard InChI is InChI=1S/C23H22O6.C7H8N2S/c1-11(2)16-8-14-15(28-16)6-5-12-22(24)21-13-7-18(25-3)19(26-4)9-17(13)27-10-20(21)29-23(12)14;8-7(10)9-6-4-2-1-3-5-6/h5-7,9,16,20-21H,1,8,10H2,2-4H3;1-5H,(H3,8,9,10)/t16-,20-,21+;/m1./s1. The molecule has 0 amide bonds. The number of carbonyl (C=O) groups excluding carboxylic acids is 1. The van der Waals surface area contributed by atoms with Crippen LogP contribution in [0.4, 0.5) is 5.69 Å². The lowest BCUT2D eigenvalue weighted by Gasteiger charge is -2.37. The number of ether oxygens (including phenoxy) is 5. The van der Waals surface area contributed by atoms with Gasteiger partial charge < -0.3 is 34.7 Å². The maximum absolute atomic E-state index is 13.5. The second kappa shape index (κ2) is 10.9. The van der Waals surface area contributed by atoms with Crippen molar-refractivity contribution in [1.29, 1.82) is 0 Å². The van der Waals surface area contributed by atoms with E-state index in [1.54, 1.807) is 26.4 Å². The lowest BCUT2D eigenvalue weighted by Crippen LogP contribution is -2.43. The Bertz CT molecular complexity index is 1440. The molecule has 0 radical (unpaired) electrons. The Kier molecular flexibility index (Phi) is 7.34. The van der Waals surface area contributed by atoms with Crippen LogP contribution in [0.1, 0.15) is 34.3 Å². The van der Waals surface area contributed by atoms with Crippen molar-refractivity contribution in [2.45, 2.75) is 31.5 Å². The Morgan fingerprint density at radius 3 is 2.44 bits per heavy atom. The van der Waals surface area contributed by atoms with Gasteiger partial charge >= 0.3 is 0 Å². The van der Waals surface area contributed by atoms with Gasteiger partial charge in [-0.2, -0.15) is 0 Å². The molecule has 0 saturated carbocycles. The molecule has 0 saturated heterocycles. The Hall–Kier alpha value is -4.24. The number of carbonyl (C=O) groups is 1. The van der Waals surface area contributed by atoms with Gasteiger partial charge in [-0.1, -0.05) is 24.8 Å². The van der Waals surface area contributed by atoms with E-state index >= 15 is 0 Å². The van der Waals surface area contributed by atoms with Gasteiger partial charge in [0.05, 0.1) is 25.7 Å². The summed E-state index contributed by atoms with van der Waals surface area (Å²) >= 11 is 4.64. The molecule has 0 spiro atoms. The highest BCUT2D eigenvalue weighted by Gasteiger charge is 2.45. The van der Waals surface area contributed by atoms with Gasteiger partial charge in [0, 0.05) is 29.3 Å². The van der Waals surface area contributed by atoms with Crippen LogP contribution >= 0.6 is 12.2 Å². The van der Waals surface area contributed by atoms with Crippen LogP contribution in [0.5, 0.6) is 28.7 Å². The molecule has 3 aliphatic heterocycles. The van der Waals surface area contributed by atoms with Crippen molar-refractivity contribution >= 4 is 28.8 Å². The number of ketones is 1. The number of fused-ring (bicyclic) bond motifs is 6. The molecule has 39 heavy (non-hydrogen) atoms. The first kappa shape index (κ1) is 26.4. The number of thiocarbonyl (C=S) groups is 1. The predicted molar refractivity (Wildman–Crippen MR) is 153 cm³/mol. The Morgan fingerprint density at radius 1 is 1.05 bits per heavy atom. The van der Waals surface area contributed by atoms with Crippen molar-refractivity contribution < 1.29 is 28.5 Å². The number of anilines is 1. The largest absolute Gasteiger partial charge is 0.493 e. The molecule has 0 unspecified atom stereocenters. The highest BCUT2D eigenvalue weighted by atomic mass is 32.1. The van der Waals surface area contributed by atoms with E-state index in [-0.39, 0.29) is 18.5 Å². The second-order valence-corrected chi connectivity index (χ2v) is 9.93. The van der Waals surface area contributed by atoms with Crippen molar-refractivity contribution in [3.8, 4) is 28.7 Å². The lowest BCUT2D eigenvalue weighted by atomic mass is 9.81. The summed E-state index contributed by atoms with van der Waals surface area (Å²) in [6.45, 7) is 6.22. The summed E-state index contributed by atoms with van der Waals surface area (Å²) in [7, 11) is 3.14. The molecule has 8 nitrogen and oxygen atoms in total. The van der Waals surface area contributed by atoms with Crippen molar-refractivity contribution in [3.63, 3.8) is 0 Å². The molecule has 9 heteroatoms. The molecule has 3 heterocycles. The molecule has 3 N–H and O–H groups in total. The molecule has 0 aliphatic carbocycles. The Labute approximate surface area is 232 Å². The number of Topliss-reactive ketones (excluding diaryl/α,β-unsaturated/α-hetero) is 1. The number of para-hydroxylation sites is 1. The van der Waals surface area contributed by atoms with Crippen molar-refractivity contribution in [2.24, 2.45) is 5.73 Å². The molecule has 3 aromatic rings. The molecular weight excluding hydrogens is 516 g/mol. The summed E-state index contributed by atoms with van der Waals surface area (Å²) in [5, 5.41) is 3.11. The second-order valence-electron chi connectivity index (χ2n) is 9.49. The van der Waals surface area contributed by atoms with Gasteiger partial charge in [0.2, 0.25) is 0 Å². The fraction of sp³-hybridized carbons (Fsp3) is 0.267. The van der Waals surface area contributed by atoms with E-state index < -0.39 is 12.0 Å². The smallest absolute Gasteiger partial charge is 0.178 e. The normalized spacial score (nSPS) is 19.7. The molecule has 6 rings (SSSR count). The van der Waals surface area contributed by atoms with E-state index in [1.165, 1.54) is 0 Å². The van der Waals surface area contributed by atoms with Crippen LogP contribution in [0.25, 0.3) is 0 Å². The van der Waals surface area contributed by atoms with Gasteiger partial charge in [0.15, 0.2) is 22.4 Å². The minimum Gasteiger partial charge on any atom is -0.493 e. The predicted octanol–water partition coefficient (Wildman–Crippen LogP) is 5.05. The zero-order chi connectivity index (χ0) is 27.7. The third-order valence-corrected chi connectivity index (χ3v) is 7.01. The van der Waals surface area contributed by atoms with Gasteiger partial charge in [-0.15, -0.1) is 0 Å². The van der Waals surface area contributed by atoms with E-state index in [0.717, 1.165) is 28.1 Å². The maximum Gasteiger partial charge on any atom is 0.178 e. The first-order valence-corrected chi connectivity index (χ1v) is 12.9. The molecule has 3 aromatic carbocycles. The number of methoxy groups -OCH3 is 2. The Balaban J connectivity index is 0.000000261. The number of rotatable bonds is 4. The highest BCUT2D eigenvalue weighted by molar-refractivity contribution is 7.80. The quantitative estimate of drug-likeness (QED) is 0.344. The topological polar surface area (TPSA) is 101 Å². The van der Waals surface area contributed by atoms with E-state index in [2.05, 4.69) is 24.1 Å². The van der Waals surface area contributed by atoms with Crippen molar-refractivity contribution in [3.05, 3.63) is 83.4 Å². The van der Waals surface area contributed by atoms with Crippen molar-refractivity contribution in [1.82, 2.24) is 0 Å². The molecule has 0 bridgehead atoms. The molecule has 0 aromatic heterocycles. The van der Waals surface area contributed by atoms with Crippen molar-refractivity contribution in [2.75, 3.05) is 26.1 Å². The van der Waals surface area contributed by atoms with E-state index in [4.69, 9.17) is 29.4 Å². The van der Waals surface area contributed by atoms with Gasteiger partial charge in [-0.05, 0) is 55.0 Å². The number of benzene rings is 3. The average Bonchev–Trinajstić information content (AvgIpc) is 3.38. The molecule has 3 aliphatic rings. The van der Waals surface area contributed by atoms with E-state index in [0.29, 0.717) is 40.1 Å². The first-order chi connectivity index (χ1) is 18.8. The first-order valence-electron chi connectivity index (χ1n) is 12.5. The summed E-state index contributed by atoms with van der Waals surface area (Å²) in [5.74, 6) is 2.68. The van der Waals surface area contributed by atoms with Crippen LogP contribution in [0.15, 0.2) is 66.7 Å². The minimum absolute atomic E-state index is 0.0228. The fourth-order valence-corrected chi connectivity index (χ4v) is 5.12. The highest BCUT2D eigenvalue weighted by Crippen LogP contribution is 2.49. The SMILES string of the molecule is C=C(C)[C@H]1Cc2c(ccc3c2O[C@@H]2COc4cc(OC)c(OC)cc4[C@@H]2C3=O)O1.NC(=S)Nc1ccccc1. The third-order valence-electron chi connectivity index (χ3n) is 6.91. The Morgan fingerprint density at radius 2 is 1.77 bits per heavy atom. The lowest BCUT2D eigenvalue weighted by molar-refractivity contribution is 0.0554. The summed E-state index contributed by atoms with van der Waals surface area (Å²) in [5.41, 5.74) is 9.39. The number of hydrogen-bond acceptors (Lipinski definition) is 7. The van der Waals surface area contributed by atoms with Gasteiger partial charge in [-0.3, -0.25) is 4.79 Å². The summed E-state index contributed by atoms with van der Waals surface area (Å²) in [6, 6.07) is 16.8. The summed E-state index contributed by atoms with van der Waals surface area (Å²) < 4.78 is 29.0. The fourth-order valence-electron chi connectivity index (χ4n) is 5.00. The van der Waals surface area contributed by atoms with Crippen LogP contribution in [-0.2, 0) is 6.42 Å². The number of hydrogen-bond donors (Lipinski definition) is 2. The zero-order valence-electron chi connectivity index (χ0n) is 22.0. The monoisotopic (exact) mass is 546 g/mol. The average molecular weight is 547 g/mol. The summed E-state index contributed by atoms with van der Waals surface area (Å²) in [4.78, 5) is 13.5. The number of nitrogens with one attached hydrogen (secondary N) is 1. The molecular formula is C30H30N2O6S. The van der Waals surface area contributed by atoms with Crippen LogP contribution in [-0.4, -0.2) is 43.9 Å². The van der Waals surface area contributed by atoms with Crippen LogP contribution in [0, 0.1) is 0 Å². The van der Waals surface area contributed by atoms with E-state index in [9.17, 15) is 4.79 Å². The third kappa shape index (κ3) is 5.09. The summed E-state index contributed by atoms with van der Waals surface area (Å²) in [6.07, 6.45) is 0.157. The number of nitrogens with two attached hydrogens (primary N) is 1. The molecule has 202 valence electrons. The van der Waals surface area contributed by atoms with Gasteiger partial charge in [0.1, 0.15) is 36.1 Å². The maximum atomic E-state index is 13.5. The molecule has 0 fully saturated rings. The minimum atomic E-state index is -0.455.